The zero-order valence-electron chi connectivity index (χ0n) is 11.9. The van der Waals surface area contributed by atoms with E-state index in [-0.39, 0.29) is 24.5 Å². The molecule has 0 saturated heterocycles. The third-order valence-corrected chi connectivity index (χ3v) is 4.11. The van der Waals surface area contributed by atoms with E-state index in [1.165, 1.54) is 23.5 Å². The van der Waals surface area contributed by atoms with Crippen LogP contribution >= 0.6 is 11.3 Å². The van der Waals surface area contributed by atoms with Crippen LogP contribution in [-0.2, 0) is 4.79 Å². The van der Waals surface area contributed by atoms with Gasteiger partial charge in [-0.2, -0.15) is 0 Å². The lowest BCUT2D eigenvalue weighted by atomic mass is 10.1. The fourth-order valence-corrected chi connectivity index (χ4v) is 2.71. The predicted octanol–water partition coefficient (Wildman–Crippen LogP) is 4.11. The van der Waals surface area contributed by atoms with Gasteiger partial charge >= 0.3 is 0 Å². The third-order valence-electron chi connectivity index (χ3n) is 3.07. The van der Waals surface area contributed by atoms with E-state index >= 15 is 0 Å². The number of benzene rings is 1. The van der Waals surface area contributed by atoms with Gasteiger partial charge in [-0.05, 0) is 43.7 Å². The van der Waals surface area contributed by atoms with Gasteiger partial charge in [0.1, 0.15) is 5.82 Å². The number of ketones is 1. The van der Waals surface area contributed by atoms with Crippen LogP contribution in [0.3, 0.4) is 0 Å². The highest BCUT2D eigenvalue weighted by Gasteiger charge is 2.12. The topological polar surface area (TPSA) is 46.2 Å². The van der Waals surface area contributed by atoms with E-state index in [1.54, 1.807) is 19.1 Å². The number of anilines is 1. The van der Waals surface area contributed by atoms with Crippen molar-refractivity contribution in [2.75, 3.05) is 5.32 Å². The van der Waals surface area contributed by atoms with Gasteiger partial charge in [0, 0.05) is 23.4 Å². The number of nitrogens with one attached hydrogen (secondary N) is 1. The molecule has 21 heavy (non-hydrogen) atoms. The second-order valence-electron chi connectivity index (χ2n) is 4.84. The SMILES string of the molecule is Cc1ccc(C(=O)CCC(=O)Nc2cc(F)ccc2C)s1. The number of carbonyl (C=O) groups is 2. The molecule has 0 aliphatic heterocycles. The van der Waals surface area contributed by atoms with Crippen LogP contribution in [0.25, 0.3) is 0 Å². The largest absolute Gasteiger partial charge is 0.326 e. The number of hydrogen-bond acceptors (Lipinski definition) is 3. The number of halogens is 1. The molecule has 0 unspecified atom stereocenters. The summed E-state index contributed by atoms with van der Waals surface area (Å²) in [5.41, 5.74) is 1.23. The third kappa shape index (κ3) is 4.23. The van der Waals surface area contributed by atoms with Crippen LogP contribution < -0.4 is 5.32 Å². The molecule has 0 bridgehead atoms. The standard InChI is InChI=1S/C16H16FNO2S/c1-10-3-5-12(17)9-13(10)18-16(20)8-6-14(19)15-7-4-11(2)21-15/h3-5,7,9H,6,8H2,1-2H3,(H,18,20). The van der Waals surface area contributed by atoms with Gasteiger partial charge in [-0.1, -0.05) is 6.07 Å². The van der Waals surface area contributed by atoms with Crippen molar-refractivity contribution in [2.45, 2.75) is 26.7 Å². The zero-order valence-corrected chi connectivity index (χ0v) is 12.7. The minimum atomic E-state index is -0.402. The summed E-state index contributed by atoms with van der Waals surface area (Å²) in [6.45, 7) is 3.72. The summed E-state index contributed by atoms with van der Waals surface area (Å²) in [5, 5.41) is 2.64. The van der Waals surface area contributed by atoms with Crippen LogP contribution in [0.15, 0.2) is 30.3 Å². The van der Waals surface area contributed by atoms with E-state index < -0.39 is 5.82 Å². The van der Waals surface area contributed by atoms with E-state index in [0.29, 0.717) is 10.6 Å². The number of thiophene rings is 1. The van der Waals surface area contributed by atoms with Crippen molar-refractivity contribution < 1.29 is 14.0 Å². The van der Waals surface area contributed by atoms with Crippen molar-refractivity contribution in [3.8, 4) is 0 Å². The molecule has 2 aromatic rings. The van der Waals surface area contributed by atoms with Gasteiger partial charge in [0.25, 0.3) is 0 Å². The van der Waals surface area contributed by atoms with Gasteiger partial charge in [-0.25, -0.2) is 4.39 Å². The molecule has 1 aromatic carbocycles. The molecule has 0 aliphatic rings. The van der Waals surface area contributed by atoms with Crippen LogP contribution in [0.1, 0.15) is 33.0 Å². The second-order valence-corrected chi connectivity index (χ2v) is 6.13. The molecular weight excluding hydrogens is 289 g/mol. The van der Waals surface area contributed by atoms with Crippen LogP contribution in [0, 0.1) is 19.7 Å². The van der Waals surface area contributed by atoms with E-state index in [0.717, 1.165) is 10.4 Å². The number of Topliss-reactive ketones (excluding diaryl/α,β-unsaturated/α-hetero) is 1. The quantitative estimate of drug-likeness (QED) is 0.845. The van der Waals surface area contributed by atoms with Crippen molar-refractivity contribution >= 4 is 28.7 Å². The summed E-state index contributed by atoms with van der Waals surface area (Å²) in [7, 11) is 0. The van der Waals surface area contributed by atoms with Crippen LogP contribution in [0.5, 0.6) is 0 Å². The van der Waals surface area contributed by atoms with Gasteiger partial charge in [0.05, 0.1) is 4.88 Å². The monoisotopic (exact) mass is 305 g/mol. The Hall–Kier alpha value is -2.01. The van der Waals surface area contributed by atoms with E-state index in [4.69, 9.17) is 0 Å². The molecule has 5 heteroatoms. The fourth-order valence-electron chi connectivity index (χ4n) is 1.88. The van der Waals surface area contributed by atoms with Crippen molar-refractivity contribution in [3.05, 3.63) is 51.5 Å². The van der Waals surface area contributed by atoms with Crippen LogP contribution in [0.4, 0.5) is 10.1 Å². The minimum absolute atomic E-state index is 0.0424. The summed E-state index contributed by atoms with van der Waals surface area (Å²) in [5.74, 6) is -0.731. The summed E-state index contributed by atoms with van der Waals surface area (Å²) in [4.78, 5) is 25.5. The molecule has 2 rings (SSSR count). The molecule has 0 fully saturated rings. The highest BCUT2D eigenvalue weighted by atomic mass is 32.1. The number of amides is 1. The molecule has 0 aliphatic carbocycles. The Morgan fingerprint density at radius 3 is 2.57 bits per heavy atom. The number of carbonyl (C=O) groups excluding carboxylic acids is 2. The first kappa shape index (κ1) is 15.4. The summed E-state index contributed by atoms with van der Waals surface area (Å²) in [6, 6.07) is 7.88. The summed E-state index contributed by atoms with van der Waals surface area (Å²) in [6.07, 6.45) is 0.242. The van der Waals surface area contributed by atoms with Gasteiger partial charge in [0.15, 0.2) is 5.78 Å². The maximum Gasteiger partial charge on any atom is 0.224 e. The number of rotatable bonds is 5. The fraction of sp³-hybridized carbons (Fsp3) is 0.250. The molecular formula is C16H16FNO2S. The first-order chi connectivity index (χ1) is 9.95. The number of aryl methyl sites for hydroxylation is 2. The summed E-state index contributed by atoms with van der Waals surface area (Å²) >= 11 is 1.43. The molecule has 1 amide bonds. The lowest BCUT2D eigenvalue weighted by Crippen LogP contribution is -2.14. The Labute approximate surface area is 126 Å². The first-order valence-corrected chi connectivity index (χ1v) is 7.43. The van der Waals surface area contributed by atoms with Crippen molar-refractivity contribution in [2.24, 2.45) is 0 Å². The molecule has 1 aromatic heterocycles. The van der Waals surface area contributed by atoms with Gasteiger partial charge in [-0.15, -0.1) is 11.3 Å². The lowest BCUT2D eigenvalue weighted by Gasteiger charge is -2.08. The molecule has 110 valence electrons. The predicted molar refractivity (Wildman–Crippen MR) is 82.4 cm³/mol. The van der Waals surface area contributed by atoms with Crippen LogP contribution in [0.2, 0.25) is 0 Å². The Bertz CT molecular complexity index is 679. The molecule has 1 heterocycles. The molecule has 0 saturated carbocycles. The van der Waals surface area contributed by atoms with E-state index in [9.17, 15) is 14.0 Å². The molecule has 0 radical (unpaired) electrons. The maximum atomic E-state index is 13.1. The Morgan fingerprint density at radius 2 is 1.90 bits per heavy atom. The number of hydrogen-bond donors (Lipinski definition) is 1. The Kier molecular flexibility index (Phi) is 4.85. The smallest absolute Gasteiger partial charge is 0.224 e. The van der Waals surface area contributed by atoms with Gasteiger partial charge in [0.2, 0.25) is 5.91 Å². The average Bonchev–Trinajstić information content (AvgIpc) is 2.87. The van der Waals surface area contributed by atoms with Crippen molar-refractivity contribution in [1.29, 1.82) is 0 Å². The van der Waals surface area contributed by atoms with Crippen molar-refractivity contribution in [3.63, 3.8) is 0 Å². The highest BCUT2D eigenvalue weighted by molar-refractivity contribution is 7.14. The second kappa shape index (κ2) is 6.63. The van der Waals surface area contributed by atoms with E-state index in [2.05, 4.69) is 5.32 Å². The lowest BCUT2D eigenvalue weighted by molar-refractivity contribution is -0.116. The minimum Gasteiger partial charge on any atom is -0.326 e. The van der Waals surface area contributed by atoms with Crippen LogP contribution in [-0.4, -0.2) is 11.7 Å². The summed E-state index contributed by atoms with van der Waals surface area (Å²) < 4.78 is 13.1. The highest BCUT2D eigenvalue weighted by Crippen LogP contribution is 2.19. The van der Waals surface area contributed by atoms with Gasteiger partial charge in [-0.3, -0.25) is 9.59 Å². The normalized spacial score (nSPS) is 10.4. The average molecular weight is 305 g/mol. The molecule has 0 atom stereocenters. The molecule has 1 N–H and O–H groups in total. The Balaban J connectivity index is 1.90. The van der Waals surface area contributed by atoms with Gasteiger partial charge < -0.3 is 5.32 Å². The first-order valence-electron chi connectivity index (χ1n) is 6.61. The Morgan fingerprint density at radius 1 is 1.14 bits per heavy atom. The van der Waals surface area contributed by atoms with E-state index in [1.807, 2.05) is 13.0 Å². The maximum absolute atomic E-state index is 13.1. The molecule has 0 spiro atoms. The zero-order chi connectivity index (χ0) is 15.4. The molecule has 3 nitrogen and oxygen atoms in total. The van der Waals surface area contributed by atoms with Crippen molar-refractivity contribution in [1.82, 2.24) is 0 Å².